The van der Waals surface area contributed by atoms with Gasteiger partial charge in [0.25, 0.3) is 5.70 Å². The lowest BCUT2D eigenvalue weighted by Gasteiger charge is -2.26. The largest absolute Gasteiger partial charge is 0.462 e. The van der Waals surface area contributed by atoms with Gasteiger partial charge in [-0.05, 0) is 60.2 Å². The molecule has 0 spiro atoms. The van der Waals surface area contributed by atoms with Gasteiger partial charge >= 0.3 is 11.9 Å². The maximum Gasteiger partial charge on any atom is 0.330 e. The Balaban J connectivity index is 1.94. The molecule has 0 N–H and O–H groups in total. The number of nitriles is 1. The minimum Gasteiger partial charge on any atom is -0.462 e. The fourth-order valence-electron chi connectivity index (χ4n) is 4.55. The molecule has 1 aliphatic heterocycles. The monoisotopic (exact) mass is 585 g/mol. The predicted molar refractivity (Wildman–Crippen MR) is 161 cm³/mol. The van der Waals surface area contributed by atoms with E-state index in [1.54, 1.807) is 24.3 Å². The highest BCUT2D eigenvalue weighted by Gasteiger charge is 2.32. The number of carbonyl (C=O) groups excluding carboxylic acids is 2. The van der Waals surface area contributed by atoms with E-state index in [0.29, 0.717) is 42.6 Å². The molecule has 0 bridgehead atoms. The molecule has 0 aliphatic carbocycles. The van der Waals surface area contributed by atoms with Crippen molar-refractivity contribution in [2.75, 3.05) is 37.0 Å². The second kappa shape index (κ2) is 14.6. The molecule has 0 fully saturated rings. The molecule has 3 rings (SSSR count). The second-order valence-corrected chi connectivity index (χ2v) is 11.3. The number of ether oxygens (including phenoxy) is 2. The highest BCUT2D eigenvalue weighted by Crippen LogP contribution is 2.40. The Morgan fingerprint density at radius 1 is 1.07 bits per heavy atom. The summed E-state index contributed by atoms with van der Waals surface area (Å²) in [7, 11) is -3.68. The third kappa shape index (κ3) is 7.84. The zero-order valence-corrected chi connectivity index (χ0v) is 24.2. The number of benzene rings is 2. The van der Waals surface area contributed by atoms with Gasteiger partial charge in [-0.2, -0.15) is 0 Å². The Kier molecular flexibility index (Phi) is 11.0. The first-order chi connectivity index (χ1) is 20.1. The number of fused-ring (bicyclic) bond motifs is 1. The van der Waals surface area contributed by atoms with Crippen LogP contribution in [0.15, 0.2) is 83.9 Å². The van der Waals surface area contributed by atoms with E-state index < -0.39 is 21.8 Å². The van der Waals surface area contributed by atoms with Gasteiger partial charge in [0.2, 0.25) is 0 Å². The van der Waals surface area contributed by atoms with Crippen LogP contribution in [-0.4, -0.2) is 52.4 Å². The van der Waals surface area contributed by atoms with Gasteiger partial charge < -0.3 is 14.4 Å². The van der Waals surface area contributed by atoms with Gasteiger partial charge in [-0.3, -0.25) is 0 Å². The van der Waals surface area contributed by atoms with Crippen LogP contribution in [-0.2, 0) is 28.9 Å². The van der Waals surface area contributed by atoms with Gasteiger partial charge in [0.1, 0.15) is 0 Å². The summed E-state index contributed by atoms with van der Waals surface area (Å²) < 4.78 is 36.4. The van der Waals surface area contributed by atoms with E-state index in [1.807, 2.05) is 31.2 Å². The Labute approximate surface area is 246 Å². The van der Waals surface area contributed by atoms with Crippen molar-refractivity contribution in [1.29, 1.82) is 5.26 Å². The molecule has 0 atom stereocenters. The van der Waals surface area contributed by atoms with Gasteiger partial charge in [0.15, 0.2) is 9.84 Å². The molecule has 9 nitrogen and oxygen atoms in total. The summed E-state index contributed by atoms with van der Waals surface area (Å²) in [5, 5.41) is 9.67. The SMILES string of the molecule is [C-]#[N+]/C(C#N)=C1/C(=C/c2ccc(N(CCCOC(=O)C=C)CCCOC(=O)C=C)cc2C)CS(=O)(=O)c2ccccc21. The zero-order chi connectivity index (χ0) is 30.7. The normalized spacial score (nSPS) is 15.4. The fraction of sp³-hybridized carbons (Fsp3) is 0.250. The Bertz CT molecular complexity index is 1600. The summed E-state index contributed by atoms with van der Waals surface area (Å²) in [6.07, 6.45) is 5.04. The van der Waals surface area contributed by atoms with Crippen LogP contribution < -0.4 is 4.90 Å². The number of carbonyl (C=O) groups is 2. The maximum atomic E-state index is 13.1. The molecule has 0 unspecified atom stereocenters. The number of esters is 2. The first-order valence-electron chi connectivity index (χ1n) is 13.1. The number of nitrogens with zero attached hydrogens (tertiary/aromatic N) is 3. The predicted octanol–water partition coefficient (Wildman–Crippen LogP) is 5.06. The summed E-state index contributed by atoms with van der Waals surface area (Å²) in [5.41, 5.74) is 3.33. The van der Waals surface area contributed by atoms with Gasteiger partial charge in [-0.15, -0.1) is 0 Å². The lowest BCUT2D eigenvalue weighted by Crippen LogP contribution is -2.28. The minimum atomic E-state index is -3.68. The van der Waals surface area contributed by atoms with Crippen LogP contribution in [0.2, 0.25) is 0 Å². The van der Waals surface area contributed by atoms with E-state index in [9.17, 15) is 23.3 Å². The number of hydrogen-bond acceptors (Lipinski definition) is 8. The summed E-state index contributed by atoms with van der Waals surface area (Å²) in [5.74, 6) is -1.32. The molecule has 0 aromatic heterocycles. The average molecular weight is 586 g/mol. The molecule has 10 heteroatoms. The molecule has 0 radical (unpaired) electrons. The standard InChI is InChI=1S/C32H31N3O6S/c1-5-30(36)40-17-9-15-35(16-10-18-41-31(37)6-2)26-14-13-24(23(3)19-26)20-25-22-42(38,39)29-12-8-7-11-27(29)32(25)28(21-33)34-4/h5-8,11-14,19-20H,1-2,9-10,15-18,22H2,3H3/b25-20+,32-28-. The number of sulfone groups is 1. The highest BCUT2D eigenvalue weighted by molar-refractivity contribution is 7.91. The summed E-state index contributed by atoms with van der Waals surface area (Å²) in [6, 6.07) is 14.0. The summed E-state index contributed by atoms with van der Waals surface area (Å²) in [6.45, 7) is 17.7. The minimum absolute atomic E-state index is 0.105. The van der Waals surface area contributed by atoms with Crippen LogP contribution >= 0.6 is 0 Å². The van der Waals surface area contributed by atoms with Crippen molar-refractivity contribution in [3.63, 3.8) is 0 Å². The molecule has 2 aromatic rings. The summed E-state index contributed by atoms with van der Waals surface area (Å²) in [4.78, 5) is 28.4. The first-order valence-corrected chi connectivity index (χ1v) is 14.8. The number of aryl methyl sites for hydroxylation is 1. The third-order valence-corrected chi connectivity index (χ3v) is 8.24. The van der Waals surface area contributed by atoms with E-state index >= 15 is 0 Å². The number of hydrogen-bond donors (Lipinski definition) is 0. The quantitative estimate of drug-likeness (QED) is 0.111. The zero-order valence-electron chi connectivity index (χ0n) is 23.3. The van der Waals surface area contributed by atoms with Gasteiger partial charge in [0.05, 0.1) is 36.5 Å². The van der Waals surface area contributed by atoms with Crippen LogP contribution in [0.3, 0.4) is 0 Å². The Morgan fingerprint density at radius 3 is 2.24 bits per heavy atom. The Morgan fingerprint density at radius 2 is 1.69 bits per heavy atom. The molecule has 42 heavy (non-hydrogen) atoms. The number of rotatable bonds is 12. The van der Waals surface area contributed by atoms with Crippen LogP contribution in [0.25, 0.3) is 16.5 Å². The lowest BCUT2D eigenvalue weighted by atomic mass is 9.93. The van der Waals surface area contributed by atoms with Crippen molar-refractivity contribution < 1.29 is 27.5 Å². The maximum absolute atomic E-state index is 13.1. The van der Waals surface area contributed by atoms with E-state index in [2.05, 4.69) is 22.9 Å². The lowest BCUT2D eigenvalue weighted by molar-refractivity contribution is -0.138. The van der Waals surface area contributed by atoms with Gasteiger partial charge in [-0.1, -0.05) is 43.5 Å². The van der Waals surface area contributed by atoms with Crippen molar-refractivity contribution in [2.24, 2.45) is 0 Å². The molecule has 1 aliphatic rings. The van der Waals surface area contributed by atoms with Crippen LogP contribution in [0.1, 0.15) is 29.5 Å². The van der Waals surface area contributed by atoms with Gasteiger partial charge in [-0.25, -0.2) is 28.1 Å². The molecular weight excluding hydrogens is 554 g/mol. The molecule has 1 heterocycles. The van der Waals surface area contributed by atoms with Crippen LogP contribution in [0, 0.1) is 24.8 Å². The Hall–Kier alpha value is -4.93. The van der Waals surface area contributed by atoms with Gasteiger partial charge in [0, 0.05) is 36.5 Å². The van der Waals surface area contributed by atoms with Crippen molar-refractivity contribution in [1.82, 2.24) is 0 Å². The first kappa shape index (κ1) is 31.6. The molecule has 2 aromatic carbocycles. The molecule has 0 amide bonds. The molecular formula is C32H31N3O6S. The smallest absolute Gasteiger partial charge is 0.330 e. The van der Waals surface area contributed by atoms with E-state index in [0.717, 1.165) is 29.0 Å². The number of anilines is 1. The molecule has 216 valence electrons. The van der Waals surface area contributed by atoms with E-state index in [1.165, 1.54) is 6.07 Å². The number of allylic oxidation sites excluding steroid dienone is 2. The molecule has 0 saturated heterocycles. The van der Waals surface area contributed by atoms with Crippen molar-refractivity contribution in [3.05, 3.63) is 107 Å². The van der Waals surface area contributed by atoms with Crippen molar-refractivity contribution in [3.8, 4) is 6.07 Å². The third-order valence-electron chi connectivity index (χ3n) is 6.53. The highest BCUT2D eigenvalue weighted by atomic mass is 32.2. The van der Waals surface area contributed by atoms with Crippen molar-refractivity contribution >= 4 is 39.1 Å². The molecule has 0 saturated carbocycles. The van der Waals surface area contributed by atoms with Crippen LogP contribution in [0.4, 0.5) is 5.69 Å². The topological polar surface area (TPSA) is 118 Å². The fourth-order valence-corrected chi connectivity index (χ4v) is 6.14. The van der Waals surface area contributed by atoms with Crippen LogP contribution in [0.5, 0.6) is 0 Å². The second-order valence-electron chi connectivity index (χ2n) is 9.35. The van der Waals surface area contributed by atoms with E-state index in [-0.39, 0.29) is 29.6 Å². The van der Waals surface area contributed by atoms with Crippen molar-refractivity contribution in [2.45, 2.75) is 24.7 Å². The average Bonchev–Trinajstić information content (AvgIpc) is 2.98. The summed E-state index contributed by atoms with van der Waals surface area (Å²) >= 11 is 0. The van der Waals surface area contributed by atoms with E-state index in [4.69, 9.17) is 16.0 Å².